The highest BCUT2D eigenvalue weighted by molar-refractivity contribution is 5.85. The van der Waals surface area contributed by atoms with Crippen molar-refractivity contribution in [2.45, 2.75) is 18.5 Å². The SMILES string of the molecule is Cl.N[C@@H]1CN(Cc2cnn(-c3ccccc3)n2)C[C@H]1c1ccccc1. The van der Waals surface area contributed by atoms with Crippen LogP contribution in [-0.2, 0) is 6.54 Å². The first-order chi connectivity index (χ1) is 11.8. The van der Waals surface area contributed by atoms with E-state index in [1.165, 1.54) is 5.56 Å². The summed E-state index contributed by atoms with van der Waals surface area (Å²) >= 11 is 0. The van der Waals surface area contributed by atoms with Crippen molar-refractivity contribution >= 4 is 12.4 Å². The molecule has 1 aromatic heterocycles. The molecular weight excluding hydrogens is 334 g/mol. The molecule has 5 nitrogen and oxygen atoms in total. The normalized spacial score (nSPS) is 20.4. The van der Waals surface area contributed by atoms with Gasteiger partial charge in [-0.3, -0.25) is 4.90 Å². The molecule has 0 spiro atoms. The van der Waals surface area contributed by atoms with Crippen LogP contribution >= 0.6 is 12.4 Å². The molecule has 2 atom stereocenters. The Bertz CT molecular complexity index is 790. The molecule has 1 aliphatic rings. The Kier molecular flexibility index (Phi) is 5.48. The minimum Gasteiger partial charge on any atom is -0.326 e. The second-order valence-electron chi connectivity index (χ2n) is 6.34. The van der Waals surface area contributed by atoms with Crippen molar-refractivity contribution in [3.63, 3.8) is 0 Å². The molecular formula is C19H22ClN5. The molecule has 2 aromatic carbocycles. The maximum Gasteiger partial charge on any atom is 0.0971 e. The fraction of sp³-hybridized carbons (Fsp3) is 0.263. The Balaban J connectivity index is 0.00000182. The van der Waals surface area contributed by atoms with E-state index in [0.717, 1.165) is 31.0 Å². The summed E-state index contributed by atoms with van der Waals surface area (Å²) in [4.78, 5) is 4.04. The van der Waals surface area contributed by atoms with E-state index < -0.39 is 0 Å². The third-order valence-electron chi connectivity index (χ3n) is 4.58. The Morgan fingerprint density at radius 3 is 2.36 bits per heavy atom. The fourth-order valence-electron chi connectivity index (χ4n) is 3.38. The largest absolute Gasteiger partial charge is 0.326 e. The highest BCUT2D eigenvalue weighted by Gasteiger charge is 2.31. The predicted molar refractivity (Wildman–Crippen MR) is 101 cm³/mol. The summed E-state index contributed by atoms with van der Waals surface area (Å²) in [6, 6.07) is 20.7. The van der Waals surface area contributed by atoms with Crippen LogP contribution in [0, 0.1) is 0 Å². The third kappa shape index (κ3) is 3.90. The summed E-state index contributed by atoms with van der Waals surface area (Å²) in [6.45, 7) is 2.63. The number of benzene rings is 2. The summed E-state index contributed by atoms with van der Waals surface area (Å²) in [5.41, 5.74) is 9.64. The molecule has 130 valence electrons. The number of nitrogens with two attached hydrogens (primary N) is 1. The van der Waals surface area contributed by atoms with Gasteiger partial charge in [0.1, 0.15) is 0 Å². The lowest BCUT2D eigenvalue weighted by molar-refractivity contribution is 0.319. The first-order valence-electron chi connectivity index (χ1n) is 8.29. The summed E-state index contributed by atoms with van der Waals surface area (Å²) in [6.07, 6.45) is 1.84. The van der Waals surface area contributed by atoms with Crippen molar-refractivity contribution in [3.8, 4) is 5.69 Å². The summed E-state index contributed by atoms with van der Waals surface area (Å²) in [5.74, 6) is 0.385. The first-order valence-corrected chi connectivity index (χ1v) is 8.29. The van der Waals surface area contributed by atoms with Crippen LogP contribution in [0.5, 0.6) is 0 Å². The second kappa shape index (κ2) is 7.78. The molecule has 2 N–H and O–H groups in total. The van der Waals surface area contributed by atoms with Crippen LogP contribution in [-0.4, -0.2) is 39.0 Å². The monoisotopic (exact) mass is 355 g/mol. The van der Waals surface area contributed by atoms with Crippen LogP contribution in [0.3, 0.4) is 0 Å². The van der Waals surface area contributed by atoms with E-state index >= 15 is 0 Å². The molecule has 6 heteroatoms. The van der Waals surface area contributed by atoms with Crippen molar-refractivity contribution < 1.29 is 0 Å². The lowest BCUT2D eigenvalue weighted by Gasteiger charge is -2.14. The molecule has 4 rings (SSSR count). The topological polar surface area (TPSA) is 60.0 Å². The molecule has 1 fully saturated rings. The molecule has 0 amide bonds. The number of hydrogen-bond acceptors (Lipinski definition) is 4. The van der Waals surface area contributed by atoms with Crippen molar-refractivity contribution in [2.75, 3.05) is 13.1 Å². The fourth-order valence-corrected chi connectivity index (χ4v) is 3.38. The zero-order chi connectivity index (χ0) is 16.4. The Morgan fingerprint density at radius 1 is 0.960 bits per heavy atom. The summed E-state index contributed by atoms with van der Waals surface area (Å²) < 4.78 is 0. The molecule has 1 saturated heterocycles. The van der Waals surface area contributed by atoms with Gasteiger partial charge in [0.2, 0.25) is 0 Å². The van der Waals surface area contributed by atoms with E-state index in [1.807, 2.05) is 42.6 Å². The van der Waals surface area contributed by atoms with Gasteiger partial charge in [-0.2, -0.15) is 15.0 Å². The van der Waals surface area contributed by atoms with Gasteiger partial charge in [0.25, 0.3) is 0 Å². The number of para-hydroxylation sites is 1. The summed E-state index contributed by atoms with van der Waals surface area (Å²) in [7, 11) is 0. The van der Waals surface area contributed by atoms with E-state index in [2.05, 4.69) is 39.4 Å². The van der Waals surface area contributed by atoms with Gasteiger partial charge in [-0.15, -0.1) is 12.4 Å². The minimum atomic E-state index is 0. The van der Waals surface area contributed by atoms with Gasteiger partial charge in [0.05, 0.1) is 17.6 Å². The van der Waals surface area contributed by atoms with Crippen LogP contribution in [0.15, 0.2) is 66.9 Å². The predicted octanol–water partition coefficient (Wildman–Crippen LogP) is 2.62. The number of aromatic nitrogens is 3. The number of nitrogens with zero attached hydrogens (tertiary/aromatic N) is 4. The lowest BCUT2D eigenvalue weighted by atomic mass is 9.95. The highest BCUT2D eigenvalue weighted by atomic mass is 35.5. The van der Waals surface area contributed by atoms with E-state index in [-0.39, 0.29) is 18.4 Å². The van der Waals surface area contributed by atoms with Gasteiger partial charge in [-0.1, -0.05) is 48.5 Å². The van der Waals surface area contributed by atoms with E-state index in [0.29, 0.717) is 5.92 Å². The second-order valence-corrected chi connectivity index (χ2v) is 6.34. The number of hydrogen-bond donors (Lipinski definition) is 1. The Morgan fingerprint density at radius 2 is 1.64 bits per heavy atom. The molecule has 2 heterocycles. The van der Waals surface area contributed by atoms with Gasteiger partial charge in [-0.25, -0.2) is 0 Å². The smallest absolute Gasteiger partial charge is 0.0971 e. The number of rotatable bonds is 4. The highest BCUT2D eigenvalue weighted by Crippen LogP contribution is 2.27. The van der Waals surface area contributed by atoms with Gasteiger partial charge < -0.3 is 5.73 Å². The molecule has 3 aromatic rings. The molecule has 0 aliphatic carbocycles. The van der Waals surface area contributed by atoms with Gasteiger partial charge >= 0.3 is 0 Å². The van der Waals surface area contributed by atoms with Gasteiger partial charge in [0, 0.05) is 31.6 Å². The van der Waals surface area contributed by atoms with Gasteiger partial charge in [0.15, 0.2) is 0 Å². The number of likely N-dealkylation sites (tertiary alicyclic amines) is 1. The van der Waals surface area contributed by atoms with Crippen LogP contribution < -0.4 is 5.73 Å². The maximum absolute atomic E-state index is 6.37. The molecule has 25 heavy (non-hydrogen) atoms. The van der Waals surface area contributed by atoms with Crippen LogP contribution in [0.4, 0.5) is 0 Å². The van der Waals surface area contributed by atoms with Crippen LogP contribution in [0.2, 0.25) is 0 Å². The maximum atomic E-state index is 6.37. The average Bonchev–Trinajstić information content (AvgIpc) is 3.23. The Labute approximate surface area is 153 Å². The van der Waals surface area contributed by atoms with E-state index in [4.69, 9.17) is 5.73 Å². The summed E-state index contributed by atoms with van der Waals surface area (Å²) in [5, 5.41) is 8.96. The van der Waals surface area contributed by atoms with E-state index in [9.17, 15) is 0 Å². The third-order valence-corrected chi connectivity index (χ3v) is 4.58. The first kappa shape index (κ1) is 17.6. The number of halogens is 1. The minimum absolute atomic E-state index is 0. The average molecular weight is 356 g/mol. The Hall–Kier alpha value is -2.21. The molecule has 0 saturated carbocycles. The molecule has 0 unspecified atom stereocenters. The lowest BCUT2D eigenvalue weighted by Crippen LogP contribution is -2.28. The zero-order valence-corrected chi connectivity index (χ0v) is 14.7. The molecule has 1 aliphatic heterocycles. The van der Waals surface area contributed by atoms with Crippen molar-refractivity contribution in [1.29, 1.82) is 0 Å². The van der Waals surface area contributed by atoms with Crippen molar-refractivity contribution in [1.82, 2.24) is 19.9 Å². The standard InChI is InChI=1S/C19H21N5.ClH/c20-19-14-23(13-18(19)15-7-3-1-4-8-15)12-16-11-21-24(22-16)17-9-5-2-6-10-17;/h1-11,18-19H,12-14,20H2;1H/t18-,19+;/m0./s1. The molecule has 0 radical (unpaired) electrons. The van der Waals surface area contributed by atoms with Crippen LogP contribution in [0.25, 0.3) is 5.69 Å². The van der Waals surface area contributed by atoms with Crippen LogP contribution in [0.1, 0.15) is 17.2 Å². The van der Waals surface area contributed by atoms with Crippen molar-refractivity contribution in [2.24, 2.45) is 5.73 Å². The quantitative estimate of drug-likeness (QED) is 0.781. The zero-order valence-electron chi connectivity index (χ0n) is 13.9. The molecule has 0 bridgehead atoms. The van der Waals surface area contributed by atoms with Gasteiger partial charge in [-0.05, 0) is 17.7 Å². The van der Waals surface area contributed by atoms with E-state index in [1.54, 1.807) is 4.80 Å². The van der Waals surface area contributed by atoms with Crippen molar-refractivity contribution in [3.05, 3.63) is 78.1 Å².